The van der Waals surface area contributed by atoms with Crippen LogP contribution in [0, 0.1) is 5.92 Å². The first-order chi connectivity index (χ1) is 12.1. The Hall–Kier alpha value is -1.59. The number of hydrogen-bond donors (Lipinski definition) is 2. The van der Waals surface area contributed by atoms with E-state index in [1.54, 1.807) is 4.90 Å². The number of piperidine rings is 1. The number of nitrogens with one attached hydrogen (secondary N) is 2. The van der Waals surface area contributed by atoms with E-state index in [1.165, 1.54) is 12.8 Å². The van der Waals surface area contributed by atoms with Crippen LogP contribution in [0.15, 0.2) is 24.3 Å². The van der Waals surface area contributed by atoms with Crippen LogP contribution >= 0.6 is 12.4 Å². The second-order valence-corrected chi connectivity index (χ2v) is 6.68. The third-order valence-corrected chi connectivity index (χ3v) is 4.98. The van der Waals surface area contributed by atoms with E-state index in [2.05, 4.69) is 10.6 Å². The smallest absolute Gasteiger partial charge is 0.253 e. The van der Waals surface area contributed by atoms with Gasteiger partial charge in [-0.1, -0.05) is 12.1 Å². The summed E-state index contributed by atoms with van der Waals surface area (Å²) in [5, 5.41) is 6.33. The lowest BCUT2D eigenvalue weighted by molar-refractivity contribution is -0.121. The van der Waals surface area contributed by atoms with Crippen LogP contribution in [-0.4, -0.2) is 42.9 Å². The summed E-state index contributed by atoms with van der Waals surface area (Å²) in [4.78, 5) is 26.1. The van der Waals surface area contributed by atoms with Crippen molar-refractivity contribution in [2.75, 3.05) is 26.2 Å². The van der Waals surface area contributed by atoms with Gasteiger partial charge in [0.25, 0.3) is 5.91 Å². The minimum absolute atomic E-state index is 0. The Morgan fingerprint density at radius 1 is 1.12 bits per heavy atom. The van der Waals surface area contributed by atoms with Gasteiger partial charge in [-0.2, -0.15) is 0 Å². The molecule has 146 valence electrons. The highest BCUT2D eigenvalue weighted by atomic mass is 35.5. The Balaban J connectivity index is 0.00000338. The highest BCUT2D eigenvalue weighted by Gasteiger charge is 2.15. The Bertz CT molecular complexity index is 553. The molecule has 1 aromatic rings. The fraction of sp³-hybridized carbons (Fsp3) is 0.600. The summed E-state index contributed by atoms with van der Waals surface area (Å²) in [6.45, 7) is 8.05. The maximum Gasteiger partial charge on any atom is 0.253 e. The predicted molar refractivity (Wildman–Crippen MR) is 108 cm³/mol. The van der Waals surface area contributed by atoms with Gasteiger partial charge in [0.2, 0.25) is 5.91 Å². The maximum absolute atomic E-state index is 12.3. The third kappa shape index (κ3) is 6.96. The van der Waals surface area contributed by atoms with Crippen molar-refractivity contribution < 1.29 is 9.59 Å². The average Bonchev–Trinajstić information content (AvgIpc) is 2.67. The quantitative estimate of drug-likeness (QED) is 0.727. The topological polar surface area (TPSA) is 61.4 Å². The fourth-order valence-electron chi connectivity index (χ4n) is 3.25. The predicted octanol–water partition coefficient (Wildman–Crippen LogP) is 2.99. The Morgan fingerprint density at radius 3 is 2.31 bits per heavy atom. The van der Waals surface area contributed by atoms with E-state index in [9.17, 15) is 9.59 Å². The van der Waals surface area contributed by atoms with E-state index in [1.807, 2.05) is 38.1 Å². The lowest BCUT2D eigenvalue weighted by Crippen LogP contribution is -2.30. The van der Waals surface area contributed by atoms with Gasteiger partial charge in [0.1, 0.15) is 0 Å². The van der Waals surface area contributed by atoms with E-state index >= 15 is 0 Å². The van der Waals surface area contributed by atoms with E-state index in [0.29, 0.717) is 37.5 Å². The van der Waals surface area contributed by atoms with E-state index in [-0.39, 0.29) is 24.2 Å². The van der Waals surface area contributed by atoms with Crippen molar-refractivity contribution >= 4 is 24.2 Å². The number of carbonyl (C=O) groups is 2. The second kappa shape index (κ2) is 11.9. The van der Waals surface area contributed by atoms with Crippen LogP contribution in [0.25, 0.3) is 0 Å². The Morgan fingerprint density at radius 2 is 1.73 bits per heavy atom. The maximum atomic E-state index is 12.3. The molecule has 2 N–H and O–H groups in total. The van der Waals surface area contributed by atoms with E-state index in [4.69, 9.17) is 0 Å². The molecule has 1 fully saturated rings. The number of amides is 2. The molecule has 0 radical (unpaired) electrons. The standard InChI is InChI=1S/C20H31N3O2.ClH/c1-3-23(4-2)20(25)18-8-5-17(6-9-18)15-22-19(24)10-7-16-11-13-21-14-12-16;/h5-6,8-9,16,21H,3-4,7,10-15H2,1-2H3,(H,22,24);1H. The zero-order valence-electron chi connectivity index (χ0n) is 15.9. The van der Waals surface area contributed by atoms with Crippen molar-refractivity contribution in [2.24, 2.45) is 5.92 Å². The number of nitrogens with zero attached hydrogens (tertiary/aromatic N) is 1. The van der Waals surface area contributed by atoms with Gasteiger partial charge in [0.05, 0.1) is 0 Å². The lowest BCUT2D eigenvalue weighted by Gasteiger charge is -2.22. The number of halogens is 1. The molecular formula is C20H32ClN3O2. The van der Waals surface area contributed by atoms with Crippen LogP contribution in [0.3, 0.4) is 0 Å². The molecule has 0 saturated carbocycles. The molecule has 1 saturated heterocycles. The van der Waals surface area contributed by atoms with Crippen molar-refractivity contribution in [2.45, 2.75) is 46.1 Å². The monoisotopic (exact) mass is 381 g/mol. The van der Waals surface area contributed by atoms with Gasteiger partial charge in [-0.25, -0.2) is 0 Å². The van der Waals surface area contributed by atoms with Gasteiger partial charge in [-0.3, -0.25) is 9.59 Å². The van der Waals surface area contributed by atoms with Crippen molar-refractivity contribution in [3.05, 3.63) is 35.4 Å². The van der Waals surface area contributed by atoms with Gasteiger partial charge < -0.3 is 15.5 Å². The molecule has 0 unspecified atom stereocenters. The van der Waals surface area contributed by atoms with Crippen molar-refractivity contribution in [3.8, 4) is 0 Å². The number of benzene rings is 1. The molecular weight excluding hydrogens is 350 g/mol. The van der Waals surface area contributed by atoms with Gasteiger partial charge in [0, 0.05) is 31.6 Å². The number of carbonyl (C=O) groups excluding carboxylic acids is 2. The van der Waals surface area contributed by atoms with Crippen LogP contribution < -0.4 is 10.6 Å². The summed E-state index contributed by atoms with van der Waals surface area (Å²) >= 11 is 0. The summed E-state index contributed by atoms with van der Waals surface area (Å²) < 4.78 is 0. The van der Waals surface area contributed by atoms with Crippen LogP contribution in [0.4, 0.5) is 0 Å². The van der Waals surface area contributed by atoms with Gasteiger partial charge >= 0.3 is 0 Å². The fourth-order valence-corrected chi connectivity index (χ4v) is 3.25. The molecule has 1 aliphatic heterocycles. The van der Waals surface area contributed by atoms with Crippen LogP contribution in [-0.2, 0) is 11.3 Å². The minimum Gasteiger partial charge on any atom is -0.352 e. The number of hydrogen-bond acceptors (Lipinski definition) is 3. The largest absolute Gasteiger partial charge is 0.352 e. The van der Waals surface area contributed by atoms with Crippen LogP contribution in [0.2, 0.25) is 0 Å². The molecule has 0 atom stereocenters. The zero-order valence-corrected chi connectivity index (χ0v) is 16.7. The first kappa shape index (κ1) is 22.5. The first-order valence-electron chi connectivity index (χ1n) is 9.49. The van der Waals surface area contributed by atoms with E-state index < -0.39 is 0 Å². The van der Waals surface area contributed by atoms with Gasteiger partial charge in [-0.15, -0.1) is 12.4 Å². The Kier molecular flexibility index (Phi) is 10.3. The van der Waals surface area contributed by atoms with Gasteiger partial charge in [0.15, 0.2) is 0 Å². The van der Waals surface area contributed by atoms with Crippen molar-refractivity contribution in [3.63, 3.8) is 0 Å². The minimum atomic E-state index is 0. The summed E-state index contributed by atoms with van der Waals surface area (Å²) in [6, 6.07) is 7.53. The summed E-state index contributed by atoms with van der Waals surface area (Å²) in [7, 11) is 0. The van der Waals surface area contributed by atoms with E-state index in [0.717, 1.165) is 25.1 Å². The Labute approximate surface area is 163 Å². The summed E-state index contributed by atoms with van der Waals surface area (Å²) in [6.07, 6.45) is 3.93. The van der Waals surface area contributed by atoms with Crippen LogP contribution in [0.1, 0.15) is 55.5 Å². The summed E-state index contributed by atoms with van der Waals surface area (Å²) in [5.41, 5.74) is 1.72. The molecule has 1 heterocycles. The van der Waals surface area contributed by atoms with Gasteiger partial charge in [-0.05, 0) is 69.8 Å². The SMILES string of the molecule is CCN(CC)C(=O)c1ccc(CNC(=O)CCC2CCNCC2)cc1.Cl. The highest BCUT2D eigenvalue weighted by molar-refractivity contribution is 5.94. The third-order valence-electron chi connectivity index (χ3n) is 4.98. The zero-order chi connectivity index (χ0) is 18.1. The highest BCUT2D eigenvalue weighted by Crippen LogP contribution is 2.17. The average molecular weight is 382 g/mol. The second-order valence-electron chi connectivity index (χ2n) is 6.68. The molecule has 2 rings (SSSR count). The molecule has 1 aromatic carbocycles. The molecule has 2 amide bonds. The first-order valence-corrected chi connectivity index (χ1v) is 9.49. The summed E-state index contributed by atoms with van der Waals surface area (Å²) in [5.74, 6) is 0.849. The number of rotatable bonds is 8. The molecule has 0 bridgehead atoms. The molecule has 5 nitrogen and oxygen atoms in total. The van der Waals surface area contributed by atoms with Crippen LogP contribution in [0.5, 0.6) is 0 Å². The lowest BCUT2D eigenvalue weighted by atomic mass is 9.93. The molecule has 0 spiro atoms. The van der Waals surface area contributed by atoms with Crippen molar-refractivity contribution in [1.29, 1.82) is 0 Å². The molecule has 0 aromatic heterocycles. The molecule has 6 heteroatoms. The molecule has 1 aliphatic rings. The van der Waals surface area contributed by atoms with Crippen molar-refractivity contribution in [1.82, 2.24) is 15.5 Å². The molecule has 0 aliphatic carbocycles. The normalized spacial score (nSPS) is 14.4. The molecule has 26 heavy (non-hydrogen) atoms.